The van der Waals surface area contributed by atoms with E-state index in [4.69, 9.17) is 4.74 Å². The second kappa shape index (κ2) is 5.94. The van der Waals surface area contributed by atoms with Gasteiger partial charge < -0.3 is 10.1 Å². The van der Waals surface area contributed by atoms with E-state index in [0.29, 0.717) is 0 Å². The highest BCUT2D eigenvalue weighted by atomic mass is 19.4. The van der Waals surface area contributed by atoms with E-state index in [1.165, 1.54) is 17.6 Å². The third-order valence-corrected chi connectivity index (χ3v) is 1.84. The first-order valence-electron chi connectivity index (χ1n) is 5.68. The van der Waals surface area contributed by atoms with Gasteiger partial charge in [0, 0.05) is 6.20 Å². The average Bonchev–Trinajstić information content (AvgIpc) is 2.76. The topological polar surface area (TPSA) is 96.4 Å². The van der Waals surface area contributed by atoms with E-state index in [1.807, 2.05) is 0 Å². The number of H-pyrrole nitrogens is 1. The number of nitrogens with one attached hydrogen (secondary N) is 2. The van der Waals surface area contributed by atoms with Gasteiger partial charge in [0.1, 0.15) is 11.3 Å². The standard InChI is InChI=1S/C11H13F3N4O3/c1-10(2,3)21-9(20)17-7(6-4-5-15-18-6)16-8(19)11(12,13)14/h4-5H,1-3H3,(H,15,18)(H,16,17,19,20). The molecule has 1 heterocycles. The number of carbonyl (C=O) groups is 2. The molecule has 1 aromatic heterocycles. The maximum atomic E-state index is 12.3. The Morgan fingerprint density at radius 2 is 1.95 bits per heavy atom. The molecular weight excluding hydrogens is 293 g/mol. The molecule has 10 heteroatoms. The monoisotopic (exact) mass is 306 g/mol. The molecule has 0 spiro atoms. The second-order valence-electron chi connectivity index (χ2n) is 4.86. The first kappa shape index (κ1) is 16.7. The fourth-order valence-electron chi connectivity index (χ4n) is 1.10. The zero-order chi connectivity index (χ0) is 16.3. The third kappa shape index (κ3) is 5.63. The van der Waals surface area contributed by atoms with Crippen molar-refractivity contribution >= 4 is 17.8 Å². The lowest BCUT2D eigenvalue weighted by Gasteiger charge is -2.17. The van der Waals surface area contributed by atoms with Crippen LogP contribution in [0.2, 0.25) is 0 Å². The molecule has 0 aliphatic heterocycles. The quantitative estimate of drug-likeness (QED) is 0.610. The lowest BCUT2D eigenvalue weighted by Crippen LogP contribution is -2.41. The molecular formula is C11H13F3N4O3. The van der Waals surface area contributed by atoms with Gasteiger partial charge in [-0.1, -0.05) is 0 Å². The van der Waals surface area contributed by atoms with E-state index >= 15 is 0 Å². The molecule has 0 fully saturated rings. The fraction of sp³-hybridized carbons (Fsp3) is 0.455. The number of aromatic amines is 1. The van der Waals surface area contributed by atoms with E-state index in [0.717, 1.165) is 0 Å². The summed E-state index contributed by atoms with van der Waals surface area (Å²) in [4.78, 5) is 25.8. The number of halogens is 3. The summed E-state index contributed by atoms with van der Waals surface area (Å²) in [6.45, 7) is 4.68. The highest BCUT2D eigenvalue weighted by Crippen LogP contribution is 2.15. The highest BCUT2D eigenvalue weighted by molar-refractivity contribution is 6.11. The Bertz CT molecular complexity index is 544. The number of nitrogens with zero attached hydrogens (tertiary/aromatic N) is 2. The van der Waals surface area contributed by atoms with Crippen molar-refractivity contribution in [2.75, 3.05) is 0 Å². The van der Waals surface area contributed by atoms with Crippen LogP contribution < -0.4 is 5.32 Å². The van der Waals surface area contributed by atoms with Gasteiger partial charge in [0.05, 0.1) is 0 Å². The van der Waals surface area contributed by atoms with Crippen LogP contribution in [0.1, 0.15) is 26.5 Å². The molecule has 0 bridgehead atoms. The van der Waals surface area contributed by atoms with Crippen LogP contribution in [-0.2, 0) is 9.53 Å². The van der Waals surface area contributed by atoms with Gasteiger partial charge in [-0.05, 0) is 26.8 Å². The number of hydrogen-bond donors (Lipinski definition) is 2. The van der Waals surface area contributed by atoms with E-state index in [-0.39, 0.29) is 5.69 Å². The number of hydrogen-bond acceptors (Lipinski definition) is 4. The fourth-order valence-corrected chi connectivity index (χ4v) is 1.10. The number of ether oxygens (including phenoxy) is 1. The minimum absolute atomic E-state index is 0.0709. The number of amides is 2. The van der Waals surface area contributed by atoms with Crippen LogP contribution in [-0.4, -0.2) is 39.8 Å². The summed E-state index contributed by atoms with van der Waals surface area (Å²) in [5.74, 6) is -2.90. The molecule has 1 aromatic rings. The number of amidine groups is 1. The minimum Gasteiger partial charge on any atom is -0.442 e. The molecule has 0 saturated heterocycles. The summed E-state index contributed by atoms with van der Waals surface area (Å²) in [6.07, 6.45) is -5.04. The van der Waals surface area contributed by atoms with Crippen LogP contribution in [0.3, 0.4) is 0 Å². The van der Waals surface area contributed by atoms with Crippen molar-refractivity contribution in [3.05, 3.63) is 18.0 Å². The van der Waals surface area contributed by atoms with Crippen LogP contribution in [0.5, 0.6) is 0 Å². The van der Waals surface area contributed by atoms with Crippen molar-refractivity contribution in [1.82, 2.24) is 15.5 Å². The molecule has 0 unspecified atom stereocenters. The molecule has 0 radical (unpaired) electrons. The summed E-state index contributed by atoms with van der Waals surface area (Å²) in [5.41, 5.74) is -0.952. The molecule has 0 aliphatic carbocycles. The maximum Gasteiger partial charge on any atom is 0.471 e. The third-order valence-electron chi connectivity index (χ3n) is 1.84. The zero-order valence-electron chi connectivity index (χ0n) is 11.4. The van der Waals surface area contributed by atoms with Crippen molar-refractivity contribution < 1.29 is 27.5 Å². The van der Waals surface area contributed by atoms with Crippen LogP contribution in [0, 0.1) is 0 Å². The molecule has 2 N–H and O–H groups in total. The minimum atomic E-state index is -5.12. The SMILES string of the molecule is CC(C)(C)OC(=O)N=C(NC(=O)C(F)(F)F)c1ccn[nH]1. The smallest absolute Gasteiger partial charge is 0.442 e. The number of aliphatic imine (C=N–C) groups is 1. The van der Waals surface area contributed by atoms with Crippen LogP contribution >= 0.6 is 0 Å². The predicted molar refractivity (Wildman–Crippen MR) is 65.6 cm³/mol. The molecule has 0 aliphatic rings. The van der Waals surface area contributed by atoms with Crippen molar-refractivity contribution in [2.24, 2.45) is 4.99 Å². The van der Waals surface area contributed by atoms with Gasteiger partial charge in [0.25, 0.3) is 0 Å². The Balaban J connectivity index is 2.99. The van der Waals surface area contributed by atoms with Crippen molar-refractivity contribution in [1.29, 1.82) is 0 Å². The number of aromatic nitrogens is 2. The van der Waals surface area contributed by atoms with Crippen LogP contribution in [0.25, 0.3) is 0 Å². The van der Waals surface area contributed by atoms with Gasteiger partial charge in [-0.3, -0.25) is 9.89 Å². The summed E-state index contributed by atoms with van der Waals surface area (Å²) in [5, 5.41) is 7.29. The first-order chi connectivity index (χ1) is 9.49. The first-order valence-corrected chi connectivity index (χ1v) is 5.68. The summed E-state index contributed by atoms with van der Waals surface area (Å²) in [6, 6.07) is 1.24. The van der Waals surface area contributed by atoms with E-state index < -0.39 is 29.6 Å². The molecule has 21 heavy (non-hydrogen) atoms. The average molecular weight is 306 g/mol. The molecule has 2 amide bonds. The molecule has 0 aromatic carbocycles. The van der Waals surface area contributed by atoms with Gasteiger partial charge in [-0.25, -0.2) is 4.79 Å². The van der Waals surface area contributed by atoms with E-state index in [9.17, 15) is 22.8 Å². The largest absolute Gasteiger partial charge is 0.471 e. The van der Waals surface area contributed by atoms with Gasteiger partial charge in [0.15, 0.2) is 5.84 Å². The molecule has 7 nitrogen and oxygen atoms in total. The number of alkyl halides is 3. The number of rotatable bonds is 1. The van der Waals surface area contributed by atoms with E-state index in [1.54, 1.807) is 20.8 Å². The van der Waals surface area contributed by atoms with Crippen molar-refractivity contribution in [3.8, 4) is 0 Å². The van der Waals surface area contributed by atoms with Crippen molar-refractivity contribution in [3.63, 3.8) is 0 Å². The van der Waals surface area contributed by atoms with Crippen LogP contribution in [0.4, 0.5) is 18.0 Å². The number of carbonyl (C=O) groups excluding carboxylic acids is 2. The Labute approximate surface area is 117 Å². The summed E-state index contributed by atoms with van der Waals surface area (Å²) in [7, 11) is 0. The van der Waals surface area contributed by atoms with Crippen LogP contribution in [0.15, 0.2) is 17.3 Å². The Hall–Kier alpha value is -2.39. The lowest BCUT2D eigenvalue weighted by atomic mass is 10.2. The molecule has 116 valence electrons. The van der Waals surface area contributed by atoms with E-state index in [2.05, 4.69) is 15.2 Å². The molecule has 1 rings (SSSR count). The highest BCUT2D eigenvalue weighted by Gasteiger charge is 2.39. The van der Waals surface area contributed by atoms with Gasteiger partial charge in [-0.2, -0.15) is 23.3 Å². The van der Waals surface area contributed by atoms with Gasteiger partial charge in [0.2, 0.25) is 0 Å². The lowest BCUT2D eigenvalue weighted by molar-refractivity contribution is -0.171. The Morgan fingerprint density at radius 1 is 1.33 bits per heavy atom. The predicted octanol–water partition coefficient (Wildman–Crippen LogP) is 1.77. The maximum absolute atomic E-state index is 12.3. The van der Waals surface area contributed by atoms with Gasteiger partial charge >= 0.3 is 18.2 Å². The normalized spacial score (nSPS) is 13.0. The Morgan fingerprint density at radius 3 is 2.38 bits per heavy atom. The van der Waals surface area contributed by atoms with Crippen molar-refractivity contribution in [2.45, 2.75) is 32.5 Å². The molecule has 0 saturated carbocycles. The zero-order valence-corrected chi connectivity index (χ0v) is 11.4. The summed E-state index contributed by atoms with van der Waals surface area (Å²) >= 11 is 0. The second-order valence-corrected chi connectivity index (χ2v) is 4.86. The Kier molecular flexibility index (Phi) is 4.71. The molecule has 0 atom stereocenters. The van der Waals surface area contributed by atoms with Gasteiger partial charge in [-0.15, -0.1) is 0 Å². The summed E-state index contributed by atoms with van der Waals surface area (Å²) < 4.78 is 41.6.